The Hall–Kier alpha value is -3.20. The van der Waals surface area contributed by atoms with Gasteiger partial charge in [0, 0.05) is 12.1 Å². The molecule has 1 unspecified atom stereocenters. The third-order valence-electron chi connectivity index (χ3n) is 5.01. The number of hydrogen-bond acceptors (Lipinski definition) is 2. The second-order valence-corrected chi connectivity index (χ2v) is 6.74. The van der Waals surface area contributed by atoms with E-state index in [1.165, 1.54) is 0 Å². The van der Waals surface area contributed by atoms with Gasteiger partial charge < -0.3 is 4.90 Å². The zero-order valence-corrected chi connectivity index (χ0v) is 15.6. The normalized spacial score (nSPS) is 12.8. The van der Waals surface area contributed by atoms with Crippen LogP contribution in [0.2, 0.25) is 0 Å². The SMILES string of the molecule is CC(=O)C(C)(c1ccccc1)N(Cc1ccccc1)C(=O)c1ccccc1. The maximum atomic E-state index is 13.4. The Morgan fingerprint density at radius 1 is 0.778 bits per heavy atom. The predicted molar refractivity (Wildman–Crippen MR) is 107 cm³/mol. The highest BCUT2D eigenvalue weighted by atomic mass is 16.2. The summed E-state index contributed by atoms with van der Waals surface area (Å²) in [6, 6.07) is 28.4. The van der Waals surface area contributed by atoms with Crippen LogP contribution in [0.3, 0.4) is 0 Å². The summed E-state index contributed by atoms with van der Waals surface area (Å²) in [5.41, 5.74) is 1.28. The smallest absolute Gasteiger partial charge is 0.255 e. The molecule has 0 heterocycles. The Kier molecular flexibility index (Phi) is 5.51. The molecule has 0 bridgehead atoms. The molecule has 27 heavy (non-hydrogen) atoms. The van der Waals surface area contributed by atoms with Crippen LogP contribution >= 0.6 is 0 Å². The zero-order valence-electron chi connectivity index (χ0n) is 15.6. The molecule has 0 aliphatic rings. The highest BCUT2D eigenvalue weighted by molar-refractivity contribution is 5.99. The van der Waals surface area contributed by atoms with Crippen LogP contribution in [0.15, 0.2) is 91.0 Å². The Labute approximate surface area is 160 Å². The lowest BCUT2D eigenvalue weighted by Crippen LogP contribution is -2.51. The molecule has 1 atom stereocenters. The first kappa shape index (κ1) is 18.6. The second kappa shape index (κ2) is 8.00. The van der Waals surface area contributed by atoms with Gasteiger partial charge in [0.05, 0.1) is 0 Å². The average molecular weight is 357 g/mol. The minimum absolute atomic E-state index is 0.0751. The predicted octanol–water partition coefficient (Wildman–Crippen LogP) is 4.83. The Morgan fingerprint density at radius 3 is 1.78 bits per heavy atom. The van der Waals surface area contributed by atoms with Crippen molar-refractivity contribution < 1.29 is 9.59 Å². The van der Waals surface area contributed by atoms with Crippen molar-refractivity contribution in [2.45, 2.75) is 25.9 Å². The molecule has 0 radical (unpaired) electrons. The van der Waals surface area contributed by atoms with Gasteiger partial charge in [-0.15, -0.1) is 0 Å². The minimum atomic E-state index is -1.07. The van der Waals surface area contributed by atoms with Gasteiger partial charge in [-0.2, -0.15) is 0 Å². The number of rotatable bonds is 6. The van der Waals surface area contributed by atoms with E-state index in [1.807, 2.05) is 85.8 Å². The van der Waals surface area contributed by atoms with E-state index in [4.69, 9.17) is 0 Å². The molecule has 0 N–H and O–H groups in total. The van der Waals surface area contributed by atoms with Crippen LogP contribution < -0.4 is 0 Å². The quantitative estimate of drug-likeness (QED) is 0.633. The van der Waals surface area contributed by atoms with E-state index in [9.17, 15) is 9.59 Å². The van der Waals surface area contributed by atoms with Crippen molar-refractivity contribution in [2.75, 3.05) is 0 Å². The van der Waals surface area contributed by atoms with Gasteiger partial charge in [0.15, 0.2) is 5.78 Å². The summed E-state index contributed by atoms with van der Waals surface area (Å²) in [6.07, 6.45) is 0. The molecule has 0 saturated heterocycles. The van der Waals surface area contributed by atoms with Crippen LogP contribution in [-0.4, -0.2) is 16.6 Å². The fourth-order valence-electron chi connectivity index (χ4n) is 3.25. The number of carbonyl (C=O) groups is 2. The lowest BCUT2D eigenvalue weighted by Gasteiger charge is -2.40. The first-order valence-corrected chi connectivity index (χ1v) is 9.01. The van der Waals surface area contributed by atoms with Crippen molar-refractivity contribution in [3.63, 3.8) is 0 Å². The van der Waals surface area contributed by atoms with Gasteiger partial charge >= 0.3 is 0 Å². The summed E-state index contributed by atoms with van der Waals surface area (Å²) >= 11 is 0. The van der Waals surface area contributed by atoms with Crippen LogP contribution in [0, 0.1) is 0 Å². The lowest BCUT2D eigenvalue weighted by atomic mass is 9.85. The molecule has 1 amide bonds. The van der Waals surface area contributed by atoms with Crippen LogP contribution in [0.4, 0.5) is 0 Å². The second-order valence-electron chi connectivity index (χ2n) is 6.74. The van der Waals surface area contributed by atoms with Gasteiger partial charge in [0.2, 0.25) is 0 Å². The third kappa shape index (κ3) is 3.82. The molecule has 0 aromatic heterocycles. The molecule has 0 spiro atoms. The Morgan fingerprint density at radius 2 is 1.26 bits per heavy atom. The van der Waals surface area contributed by atoms with Crippen molar-refractivity contribution >= 4 is 11.7 Å². The standard InChI is InChI=1S/C24H23NO2/c1-19(26)24(2,22-16-10-5-11-17-22)25(18-20-12-6-3-7-13-20)23(27)21-14-8-4-9-15-21/h3-17H,18H2,1-2H3. The van der Waals surface area contributed by atoms with Crippen molar-refractivity contribution in [2.24, 2.45) is 0 Å². The molecule has 136 valence electrons. The number of nitrogens with zero attached hydrogens (tertiary/aromatic N) is 1. The van der Waals surface area contributed by atoms with E-state index in [-0.39, 0.29) is 11.7 Å². The molecule has 0 aliphatic carbocycles. The molecule has 0 aliphatic heterocycles. The fraction of sp³-hybridized carbons (Fsp3) is 0.167. The Bertz CT molecular complexity index is 907. The molecule has 3 nitrogen and oxygen atoms in total. The molecule has 3 aromatic rings. The molecule has 0 fully saturated rings. The van der Waals surface area contributed by atoms with E-state index in [2.05, 4.69) is 0 Å². The fourth-order valence-corrected chi connectivity index (χ4v) is 3.25. The van der Waals surface area contributed by atoms with Gasteiger partial charge in [0.25, 0.3) is 5.91 Å². The number of Topliss-reactive ketones (excluding diaryl/α,β-unsaturated/α-hetero) is 1. The van der Waals surface area contributed by atoms with E-state index in [0.29, 0.717) is 12.1 Å². The van der Waals surface area contributed by atoms with Crippen molar-refractivity contribution in [3.05, 3.63) is 108 Å². The van der Waals surface area contributed by atoms with E-state index >= 15 is 0 Å². The summed E-state index contributed by atoms with van der Waals surface area (Å²) in [5, 5.41) is 0. The first-order valence-electron chi connectivity index (χ1n) is 9.01. The van der Waals surface area contributed by atoms with Crippen LogP contribution in [0.25, 0.3) is 0 Å². The van der Waals surface area contributed by atoms with Crippen molar-refractivity contribution in [1.29, 1.82) is 0 Å². The summed E-state index contributed by atoms with van der Waals surface area (Å²) in [7, 11) is 0. The highest BCUT2D eigenvalue weighted by Crippen LogP contribution is 2.32. The maximum Gasteiger partial charge on any atom is 0.255 e. The van der Waals surface area contributed by atoms with Crippen molar-refractivity contribution in [3.8, 4) is 0 Å². The number of hydrogen-bond donors (Lipinski definition) is 0. The summed E-state index contributed by atoms with van der Waals surface area (Å²) in [5.74, 6) is -0.241. The third-order valence-corrected chi connectivity index (χ3v) is 5.01. The average Bonchev–Trinajstić information content (AvgIpc) is 2.73. The molecule has 0 saturated carbocycles. The highest BCUT2D eigenvalue weighted by Gasteiger charge is 2.41. The van der Waals surface area contributed by atoms with Crippen LogP contribution in [0.1, 0.15) is 35.3 Å². The van der Waals surface area contributed by atoms with E-state index in [1.54, 1.807) is 24.0 Å². The molecular weight excluding hydrogens is 334 g/mol. The van der Waals surface area contributed by atoms with Crippen molar-refractivity contribution in [1.82, 2.24) is 4.90 Å². The van der Waals surface area contributed by atoms with Crippen LogP contribution in [0.5, 0.6) is 0 Å². The molecular formula is C24H23NO2. The topological polar surface area (TPSA) is 37.4 Å². The number of amides is 1. The van der Waals surface area contributed by atoms with Gasteiger partial charge in [-0.25, -0.2) is 0 Å². The van der Waals surface area contributed by atoms with E-state index in [0.717, 1.165) is 11.1 Å². The first-order chi connectivity index (χ1) is 13.0. The number of ketones is 1. The summed E-state index contributed by atoms with van der Waals surface area (Å²) in [4.78, 5) is 28.0. The largest absolute Gasteiger partial charge is 0.318 e. The summed E-state index contributed by atoms with van der Waals surface area (Å²) < 4.78 is 0. The zero-order chi connectivity index (χ0) is 19.3. The minimum Gasteiger partial charge on any atom is -0.318 e. The Balaban J connectivity index is 2.12. The van der Waals surface area contributed by atoms with Gasteiger partial charge in [-0.1, -0.05) is 78.9 Å². The number of carbonyl (C=O) groups excluding carboxylic acids is 2. The van der Waals surface area contributed by atoms with Gasteiger partial charge in [0.1, 0.15) is 5.54 Å². The van der Waals surface area contributed by atoms with Gasteiger partial charge in [-0.05, 0) is 37.1 Å². The lowest BCUT2D eigenvalue weighted by molar-refractivity contribution is -0.127. The molecule has 3 heteroatoms. The van der Waals surface area contributed by atoms with Gasteiger partial charge in [-0.3, -0.25) is 9.59 Å². The van der Waals surface area contributed by atoms with Crippen LogP contribution in [-0.2, 0) is 16.9 Å². The molecule has 3 rings (SSSR count). The number of benzene rings is 3. The monoisotopic (exact) mass is 357 g/mol. The molecule has 3 aromatic carbocycles. The maximum absolute atomic E-state index is 13.4. The summed E-state index contributed by atoms with van der Waals surface area (Å²) in [6.45, 7) is 3.72. The van der Waals surface area contributed by atoms with E-state index < -0.39 is 5.54 Å².